The Morgan fingerprint density at radius 1 is 0.152 bits per heavy atom. The van der Waals surface area contributed by atoms with Crippen LogP contribution >= 0.6 is 29.0 Å². The van der Waals surface area contributed by atoms with E-state index in [0.29, 0.717) is 26.4 Å². The van der Waals surface area contributed by atoms with E-state index in [1.807, 2.05) is 0 Å². The molecule has 452 valence electrons. The fraction of sp³-hybridized carbons (Fsp3) is 0.0930. The van der Waals surface area contributed by atoms with Crippen LogP contribution in [0.3, 0.4) is 0 Å². The first-order valence-corrected chi connectivity index (χ1v) is 40.0. The highest BCUT2D eigenvalue weighted by Gasteiger charge is 2.49. The molecule has 2 nitrogen and oxygen atoms in total. The van der Waals surface area contributed by atoms with E-state index in [1.165, 1.54) is 74.8 Å². The lowest BCUT2D eigenvalue weighted by Crippen LogP contribution is -2.35. The van der Waals surface area contributed by atoms with Crippen molar-refractivity contribution in [3.05, 3.63) is 399 Å². The van der Waals surface area contributed by atoms with Crippen molar-refractivity contribution in [2.45, 2.75) is 12.3 Å². The average molecular weight is 1270 g/mol. The van der Waals surface area contributed by atoms with Gasteiger partial charge in [0.1, 0.15) is 92.7 Å². The first-order valence-electron chi connectivity index (χ1n) is 32.1. The molecule has 0 unspecified atom stereocenters. The lowest BCUT2D eigenvalue weighted by molar-refractivity contribution is 0.0600. The van der Waals surface area contributed by atoms with Gasteiger partial charge in [-0.15, -0.1) is 0 Å². The normalized spacial score (nSPS) is 11.7. The Morgan fingerprint density at radius 2 is 0.293 bits per heavy atom. The van der Waals surface area contributed by atoms with Crippen LogP contribution in [0.25, 0.3) is 0 Å². The van der Waals surface area contributed by atoms with Crippen LogP contribution in [0.2, 0.25) is 0 Å². The monoisotopic (exact) mass is 1270 g/mol. The predicted octanol–water partition coefficient (Wildman–Crippen LogP) is 15.7. The van der Waals surface area contributed by atoms with Gasteiger partial charge < -0.3 is 9.47 Å². The molecule has 13 rings (SSSR count). The van der Waals surface area contributed by atoms with Crippen LogP contribution in [0.5, 0.6) is 0 Å². The van der Waals surface area contributed by atoms with Crippen molar-refractivity contribution >= 4 is 92.7 Å². The van der Waals surface area contributed by atoms with E-state index in [4.69, 9.17) is 9.47 Å². The average Bonchev–Trinajstić information content (AvgIpc) is 1.30. The number of hydrogen-bond acceptors (Lipinski definition) is 2. The van der Waals surface area contributed by atoms with Crippen molar-refractivity contribution in [1.82, 2.24) is 0 Å². The maximum Gasteiger partial charge on any atom is 0.116 e. The number of benzene rings is 13. The molecule has 0 radical (unpaired) electrons. The quantitative estimate of drug-likeness (QED) is 0.0419. The fourth-order valence-corrected chi connectivity index (χ4v) is 30.0. The van der Waals surface area contributed by atoms with Crippen LogP contribution in [0, 0.1) is 0 Å². The van der Waals surface area contributed by atoms with Crippen LogP contribution in [-0.2, 0) is 21.8 Å². The molecule has 0 bridgehead atoms. The Bertz CT molecular complexity index is 3550. The number of hydrogen-bond donors (Lipinski definition) is 0. The summed E-state index contributed by atoms with van der Waals surface area (Å²) in [7, 11) is -7.74. The van der Waals surface area contributed by atoms with E-state index in [-0.39, 0.29) is 0 Å². The molecule has 0 heterocycles. The minimum atomic E-state index is -1.97. The molecule has 92 heavy (non-hydrogen) atoms. The third kappa shape index (κ3) is 14.3. The van der Waals surface area contributed by atoms with E-state index in [9.17, 15) is 0 Å². The number of rotatable bonds is 25. The van der Waals surface area contributed by atoms with Gasteiger partial charge in [-0.05, 0) is 157 Å². The van der Waals surface area contributed by atoms with Crippen molar-refractivity contribution in [3.8, 4) is 0 Å². The van der Waals surface area contributed by atoms with Crippen LogP contribution in [-0.4, -0.2) is 38.8 Å². The highest BCUT2D eigenvalue weighted by Crippen LogP contribution is 2.61. The molecule has 0 aliphatic heterocycles. The summed E-state index contributed by atoms with van der Waals surface area (Å²) in [6, 6.07) is 143. The maximum absolute atomic E-state index is 6.35. The van der Waals surface area contributed by atoms with Crippen molar-refractivity contribution in [2.75, 3.05) is 38.8 Å². The standard InChI is InChI=1S/C44H38P2.C42H42O2P2/c1-7-19-39(20-8-1)45(40-21-9-2-10-22-40,41-23-11-3-12-24-41)35-37-31-33-38(34-32-37)36-46(42-25-13-4-14-26-42,43-27-15-5-16-28-43)44-29-17-6-18-30-44;1-7-19-37(20-8-1)45(38-21-9-2-10-22-38,39-23-11-3-12-24-39)35-33-43-31-32-44-34-36-46(40-25-13-4-14-26-40,41-27-15-5-16-28-41)42-29-17-6-18-30-42/h1-34H,35-36H2;1-30H,31-36H2/q2*+2. The molecule has 13 aromatic rings. The Kier molecular flexibility index (Phi) is 21.9. The molecule has 0 aliphatic rings. The summed E-state index contributed by atoms with van der Waals surface area (Å²) in [5.74, 6) is 0. The van der Waals surface area contributed by atoms with E-state index in [0.717, 1.165) is 24.6 Å². The summed E-state index contributed by atoms with van der Waals surface area (Å²) >= 11 is 0. The molecule has 0 atom stereocenters. The van der Waals surface area contributed by atoms with Crippen molar-refractivity contribution in [3.63, 3.8) is 0 Å². The minimum absolute atomic E-state index is 0.575. The molecule has 0 aliphatic carbocycles. The zero-order valence-corrected chi connectivity index (χ0v) is 55.8. The van der Waals surface area contributed by atoms with Gasteiger partial charge in [0.2, 0.25) is 0 Å². The molecule has 13 aromatic carbocycles. The lowest BCUT2D eigenvalue weighted by Gasteiger charge is -2.29. The van der Waals surface area contributed by atoms with Crippen molar-refractivity contribution in [1.29, 1.82) is 0 Å². The molecule has 0 N–H and O–H groups in total. The van der Waals surface area contributed by atoms with Gasteiger partial charge in [0.05, 0.1) is 51.1 Å². The van der Waals surface area contributed by atoms with Crippen LogP contribution in [0.4, 0.5) is 0 Å². The highest BCUT2D eigenvalue weighted by molar-refractivity contribution is 7.96. The van der Waals surface area contributed by atoms with E-state index in [1.54, 1.807) is 0 Å². The summed E-state index contributed by atoms with van der Waals surface area (Å²) in [6.45, 7) is 2.49. The van der Waals surface area contributed by atoms with Gasteiger partial charge in [-0.25, -0.2) is 0 Å². The molecular formula is C86H80O2P4+4. The first kappa shape index (κ1) is 63.6. The predicted molar refractivity (Wildman–Crippen MR) is 406 cm³/mol. The second kappa shape index (κ2) is 31.7. The van der Waals surface area contributed by atoms with Gasteiger partial charge in [-0.3, -0.25) is 0 Å². The fourth-order valence-electron chi connectivity index (χ4n) is 13.3. The second-order valence-corrected chi connectivity index (χ2v) is 37.3. The van der Waals surface area contributed by atoms with Gasteiger partial charge in [0.25, 0.3) is 0 Å². The van der Waals surface area contributed by atoms with Gasteiger partial charge in [0.15, 0.2) is 0 Å². The molecular weight excluding hydrogens is 1190 g/mol. The Labute approximate surface area is 549 Å². The summed E-state index contributed by atoms with van der Waals surface area (Å²) in [5, 5.41) is 16.8. The molecule has 0 saturated heterocycles. The highest BCUT2D eigenvalue weighted by atomic mass is 31.2. The maximum atomic E-state index is 6.35. The van der Waals surface area contributed by atoms with E-state index < -0.39 is 29.0 Å². The summed E-state index contributed by atoms with van der Waals surface area (Å²) in [6.07, 6.45) is 3.83. The van der Waals surface area contributed by atoms with Crippen molar-refractivity contribution < 1.29 is 9.47 Å². The summed E-state index contributed by atoms with van der Waals surface area (Å²) in [4.78, 5) is 0. The largest absolute Gasteiger partial charge is 0.375 e. The van der Waals surface area contributed by atoms with Gasteiger partial charge in [-0.2, -0.15) is 0 Å². The van der Waals surface area contributed by atoms with Gasteiger partial charge in [0, 0.05) is 0 Å². The lowest BCUT2D eigenvalue weighted by atomic mass is 10.2. The molecule has 0 amide bonds. The zero-order valence-electron chi connectivity index (χ0n) is 52.2. The molecule has 0 spiro atoms. The van der Waals surface area contributed by atoms with Crippen LogP contribution in [0.1, 0.15) is 11.1 Å². The van der Waals surface area contributed by atoms with Gasteiger partial charge in [-0.1, -0.05) is 243 Å². The topological polar surface area (TPSA) is 18.5 Å². The third-order valence-corrected chi connectivity index (χ3v) is 35.3. The van der Waals surface area contributed by atoms with E-state index in [2.05, 4.69) is 388 Å². The minimum Gasteiger partial charge on any atom is -0.375 e. The van der Waals surface area contributed by atoms with Crippen LogP contribution in [0.15, 0.2) is 388 Å². The van der Waals surface area contributed by atoms with Crippen LogP contribution < -0.4 is 63.7 Å². The Hall–Kier alpha value is -8.50. The second-order valence-electron chi connectivity index (χ2n) is 23.1. The Morgan fingerprint density at radius 3 is 0.446 bits per heavy atom. The summed E-state index contributed by atoms with van der Waals surface area (Å²) in [5.41, 5.74) is 2.74. The SMILES string of the molecule is c1ccc([P+](CCOCCOCC[P+](c2ccccc2)(c2ccccc2)c2ccccc2)(c2ccccc2)c2ccccc2)cc1.c1ccc([P+](Cc2ccc(C[P+](c3ccccc3)(c3ccccc3)c3ccccc3)cc2)(c2ccccc2)c2ccccc2)cc1. The Balaban J connectivity index is 0.000000177. The number of ether oxygens (including phenoxy) is 2. The van der Waals surface area contributed by atoms with Crippen molar-refractivity contribution in [2.24, 2.45) is 0 Å². The molecule has 6 heteroatoms. The third-order valence-electron chi connectivity index (χ3n) is 17.7. The van der Waals surface area contributed by atoms with Gasteiger partial charge >= 0.3 is 0 Å². The molecule has 0 aromatic heterocycles. The molecule has 0 saturated carbocycles. The summed E-state index contributed by atoms with van der Waals surface area (Å²) < 4.78 is 12.7. The smallest absolute Gasteiger partial charge is 0.116 e. The molecule has 0 fully saturated rings. The van der Waals surface area contributed by atoms with E-state index >= 15 is 0 Å². The zero-order chi connectivity index (χ0) is 62.4. The first-order chi connectivity index (χ1) is 45.6.